The van der Waals surface area contributed by atoms with Gasteiger partial charge in [0.2, 0.25) is 0 Å². The van der Waals surface area contributed by atoms with E-state index in [1.165, 1.54) is 0 Å². The molecule has 0 fully saturated rings. The fraction of sp³-hybridized carbons (Fsp3) is 0.375. The van der Waals surface area contributed by atoms with Crippen molar-refractivity contribution in [1.82, 2.24) is 4.98 Å². The van der Waals surface area contributed by atoms with E-state index in [9.17, 15) is 30.7 Å². The standard InChI is InChI=1S/C8H5BF7NO2/c10-6(11,7(12,13)8(14,15)16)5-3-4(9(18)19)1-2-17-5/h1-3,18-19H. The normalized spacial score (nSPS) is 13.5. The molecule has 0 saturated heterocycles. The van der Waals surface area contributed by atoms with Gasteiger partial charge in [-0.2, -0.15) is 30.7 Å². The highest BCUT2D eigenvalue weighted by Gasteiger charge is 2.74. The number of hydrogen-bond donors (Lipinski definition) is 2. The zero-order chi connectivity index (χ0) is 15.1. The molecule has 3 nitrogen and oxygen atoms in total. The molecule has 1 rings (SSSR count). The highest BCUT2D eigenvalue weighted by atomic mass is 19.4. The van der Waals surface area contributed by atoms with Gasteiger partial charge in [0.15, 0.2) is 0 Å². The molecule has 0 unspecified atom stereocenters. The van der Waals surface area contributed by atoms with Crippen LogP contribution in [0.5, 0.6) is 0 Å². The molecule has 0 amide bonds. The average Bonchev–Trinajstić information content (AvgIpc) is 2.27. The quantitative estimate of drug-likeness (QED) is 0.646. The lowest BCUT2D eigenvalue weighted by molar-refractivity contribution is -0.360. The topological polar surface area (TPSA) is 53.4 Å². The van der Waals surface area contributed by atoms with Gasteiger partial charge in [-0.1, -0.05) is 0 Å². The molecule has 0 aliphatic carbocycles. The van der Waals surface area contributed by atoms with Gasteiger partial charge >= 0.3 is 25.1 Å². The second-order valence-corrected chi connectivity index (χ2v) is 3.49. The van der Waals surface area contributed by atoms with Gasteiger partial charge < -0.3 is 10.0 Å². The van der Waals surface area contributed by atoms with E-state index in [2.05, 4.69) is 4.98 Å². The molecule has 0 bridgehead atoms. The minimum absolute atomic E-state index is 0.0598. The van der Waals surface area contributed by atoms with Crippen LogP contribution in [0.15, 0.2) is 18.3 Å². The van der Waals surface area contributed by atoms with Crippen LogP contribution in [-0.4, -0.2) is 34.2 Å². The van der Waals surface area contributed by atoms with Gasteiger partial charge in [-0.05, 0) is 17.6 Å². The van der Waals surface area contributed by atoms with Crippen molar-refractivity contribution in [2.45, 2.75) is 18.0 Å². The summed E-state index contributed by atoms with van der Waals surface area (Å²) in [6.45, 7) is 0. The largest absolute Gasteiger partial charge is 0.488 e. The maximum absolute atomic E-state index is 13.2. The lowest BCUT2D eigenvalue weighted by atomic mass is 9.80. The van der Waals surface area contributed by atoms with Crippen molar-refractivity contribution in [3.63, 3.8) is 0 Å². The molecule has 2 N–H and O–H groups in total. The number of alkyl halides is 7. The maximum Gasteiger partial charge on any atom is 0.488 e. The molecule has 0 saturated carbocycles. The Kier molecular flexibility index (Phi) is 3.83. The molecule has 0 aromatic carbocycles. The van der Waals surface area contributed by atoms with Crippen LogP contribution in [0.3, 0.4) is 0 Å². The molecule has 11 heteroatoms. The van der Waals surface area contributed by atoms with Crippen LogP contribution in [0.4, 0.5) is 30.7 Å². The van der Waals surface area contributed by atoms with E-state index in [1.54, 1.807) is 0 Å². The van der Waals surface area contributed by atoms with Crippen LogP contribution >= 0.6 is 0 Å². The Balaban J connectivity index is 3.31. The summed E-state index contributed by atoms with van der Waals surface area (Å²) >= 11 is 0. The first-order chi connectivity index (χ1) is 8.41. The fourth-order valence-corrected chi connectivity index (χ4v) is 1.12. The molecule has 1 aromatic heterocycles. The van der Waals surface area contributed by atoms with Gasteiger partial charge in [0.05, 0.1) is 0 Å². The predicted octanol–water partition coefficient (Wildman–Crippen LogP) is 1.05. The molecule has 0 radical (unpaired) electrons. The first-order valence-electron chi connectivity index (χ1n) is 4.56. The third-order valence-electron chi connectivity index (χ3n) is 2.15. The summed E-state index contributed by atoms with van der Waals surface area (Å²) < 4.78 is 87.5. The third kappa shape index (κ3) is 2.66. The van der Waals surface area contributed by atoms with Crippen LogP contribution in [-0.2, 0) is 5.92 Å². The van der Waals surface area contributed by atoms with E-state index in [-0.39, 0.29) is 6.07 Å². The van der Waals surface area contributed by atoms with E-state index in [1.807, 2.05) is 0 Å². The Labute approximate surface area is 101 Å². The maximum atomic E-state index is 13.2. The van der Waals surface area contributed by atoms with Crippen molar-refractivity contribution in [3.05, 3.63) is 24.0 Å². The third-order valence-corrected chi connectivity index (χ3v) is 2.15. The predicted molar refractivity (Wildman–Crippen MR) is 49.0 cm³/mol. The van der Waals surface area contributed by atoms with Crippen LogP contribution < -0.4 is 5.46 Å². The Morgan fingerprint density at radius 1 is 1.00 bits per heavy atom. The van der Waals surface area contributed by atoms with E-state index >= 15 is 0 Å². The number of hydrogen-bond acceptors (Lipinski definition) is 3. The molecule has 106 valence electrons. The summed E-state index contributed by atoms with van der Waals surface area (Å²) in [7, 11) is -2.31. The highest BCUT2D eigenvalue weighted by Crippen LogP contribution is 2.50. The van der Waals surface area contributed by atoms with E-state index < -0.39 is 36.3 Å². The summed E-state index contributed by atoms with van der Waals surface area (Å²) in [6.07, 6.45) is -6.02. The first-order valence-corrected chi connectivity index (χ1v) is 4.56. The lowest BCUT2D eigenvalue weighted by Crippen LogP contribution is -2.50. The zero-order valence-electron chi connectivity index (χ0n) is 8.80. The fourth-order valence-electron chi connectivity index (χ4n) is 1.12. The Hall–Kier alpha value is -1.36. The van der Waals surface area contributed by atoms with E-state index in [4.69, 9.17) is 10.0 Å². The van der Waals surface area contributed by atoms with Gasteiger partial charge in [0.1, 0.15) is 5.69 Å². The number of rotatable bonds is 3. The number of halogens is 7. The van der Waals surface area contributed by atoms with Gasteiger partial charge in [-0.15, -0.1) is 0 Å². The summed E-state index contributed by atoms with van der Waals surface area (Å²) in [6, 6.07) is 0.834. The molecule has 1 heterocycles. The van der Waals surface area contributed by atoms with Crippen molar-refractivity contribution in [1.29, 1.82) is 0 Å². The number of aromatic nitrogens is 1. The SMILES string of the molecule is OB(O)c1ccnc(C(F)(F)C(F)(F)C(F)(F)F)c1. The van der Waals surface area contributed by atoms with Crippen molar-refractivity contribution >= 4 is 12.6 Å². The second kappa shape index (κ2) is 4.64. The van der Waals surface area contributed by atoms with Gasteiger partial charge in [0, 0.05) is 6.20 Å². The van der Waals surface area contributed by atoms with Crippen LogP contribution in [0.1, 0.15) is 5.69 Å². The minimum atomic E-state index is -6.48. The second-order valence-electron chi connectivity index (χ2n) is 3.49. The van der Waals surface area contributed by atoms with Crippen LogP contribution in [0.25, 0.3) is 0 Å². The Bertz CT molecular complexity index is 463. The number of nitrogens with zero attached hydrogens (tertiary/aromatic N) is 1. The highest BCUT2D eigenvalue weighted by molar-refractivity contribution is 6.58. The van der Waals surface area contributed by atoms with Crippen molar-refractivity contribution in [3.8, 4) is 0 Å². The van der Waals surface area contributed by atoms with Crippen molar-refractivity contribution in [2.75, 3.05) is 0 Å². The first kappa shape index (κ1) is 15.7. The Morgan fingerprint density at radius 2 is 1.53 bits per heavy atom. The van der Waals surface area contributed by atoms with Crippen LogP contribution in [0.2, 0.25) is 0 Å². The molecular formula is C8H5BF7NO2. The molecule has 0 aliphatic rings. The minimum Gasteiger partial charge on any atom is -0.423 e. The molecule has 0 atom stereocenters. The van der Waals surface area contributed by atoms with Gasteiger partial charge in [0.25, 0.3) is 0 Å². The monoisotopic (exact) mass is 291 g/mol. The summed E-state index contributed by atoms with van der Waals surface area (Å²) in [5.41, 5.74) is -2.61. The Morgan fingerprint density at radius 3 is 1.95 bits per heavy atom. The molecule has 0 spiro atoms. The number of pyridine rings is 1. The van der Waals surface area contributed by atoms with Crippen molar-refractivity contribution in [2.24, 2.45) is 0 Å². The zero-order valence-corrected chi connectivity index (χ0v) is 8.80. The van der Waals surface area contributed by atoms with Gasteiger partial charge in [-0.3, -0.25) is 4.98 Å². The lowest BCUT2D eigenvalue weighted by Gasteiger charge is -2.27. The molecule has 19 heavy (non-hydrogen) atoms. The summed E-state index contributed by atoms with van der Waals surface area (Å²) in [5.74, 6) is -12.0. The molecular weight excluding hydrogens is 286 g/mol. The van der Waals surface area contributed by atoms with E-state index in [0.717, 1.165) is 6.07 Å². The van der Waals surface area contributed by atoms with Gasteiger partial charge in [-0.25, -0.2) is 0 Å². The van der Waals surface area contributed by atoms with Crippen LogP contribution in [0, 0.1) is 0 Å². The molecule has 1 aromatic rings. The molecule has 0 aliphatic heterocycles. The summed E-state index contributed by atoms with van der Waals surface area (Å²) in [4.78, 5) is 2.72. The average molecular weight is 291 g/mol. The smallest absolute Gasteiger partial charge is 0.423 e. The van der Waals surface area contributed by atoms with Crippen molar-refractivity contribution < 1.29 is 40.8 Å². The summed E-state index contributed by atoms with van der Waals surface area (Å²) in [5, 5.41) is 17.3. The van der Waals surface area contributed by atoms with E-state index in [0.29, 0.717) is 6.20 Å².